The second-order valence-electron chi connectivity index (χ2n) is 11.1. The maximum absolute atomic E-state index is 14.8. The van der Waals surface area contributed by atoms with Gasteiger partial charge < -0.3 is 25.7 Å². The lowest BCUT2D eigenvalue weighted by Gasteiger charge is -2.42. The number of rotatable bonds is 6. The highest BCUT2D eigenvalue weighted by molar-refractivity contribution is 6.31. The predicted octanol–water partition coefficient (Wildman–Crippen LogP) is 6.50. The van der Waals surface area contributed by atoms with Crippen molar-refractivity contribution in [1.82, 2.24) is 15.5 Å². The highest BCUT2D eigenvalue weighted by Gasteiger charge is 2.53. The molecule has 2 atom stereocenters. The van der Waals surface area contributed by atoms with Crippen molar-refractivity contribution in [2.75, 3.05) is 21.9 Å². The molecule has 2 radical (unpaired) electrons. The van der Waals surface area contributed by atoms with Gasteiger partial charge in [0.05, 0.1) is 34.6 Å². The van der Waals surface area contributed by atoms with Crippen molar-refractivity contribution < 1.29 is 40.9 Å². The molecular formula is C30H21BClF7N6O2. The van der Waals surface area contributed by atoms with Gasteiger partial charge in [-0.25, -0.2) is 13.2 Å². The van der Waals surface area contributed by atoms with E-state index >= 15 is 0 Å². The standard InChI is InChI=1S/C30H21BClF7N6O2/c1-12-23-24(25(41-12)17-6-14(34)4-5-20(17)32)21(9-22-26(23)44(11-33)13(2)45(22)28(3,31)30(39,46)47)42-27-16-7-15(35)8-19(29(36,37)38)18(16)10-40-43-27/h4-10,25,41,46-47H,1-2,11H2,3H3,(H,42,43). The summed E-state index contributed by atoms with van der Waals surface area (Å²) in [6.07, 6.45) is -4.16. The van der Waals surface area contributed by atoms with E-state index in [9.17, 15) is 40.9 Å². The van der Waals surface area contributed by atoms with E-state index in [2.05, 4.69) is 34.0 Å². The Hall–Kier alpha value is -4.54. The van der Waals surface area contributed by atoms with E-state index in [4.69, 9.17) is 19.4 Å². The van der Waals surface area contributed by atoms with Crippen molar-refractivity contribution in [2.45, 2.75) is 30.6 Å². The first-order valence-corrected chi connectivity index (χ1v) is 13.9. The molecule has 47 heavy (non-hydrogen) atoms. The summed E-state index contributed by atoms with van der Waals surface area (Å²) in [5.74, 6) is -2.62. The molecular weight excluding hydrogens is 656 g/mol. The second kappa shape index (κ2) is 10.8. The highest BCUT2D eigenvalue weighted by Crippen LogP contribution is 2.57. The fraction of sp³-hybridized carbons (Fsp3) is 0.200. The molecule has 3 aromatic carbocycles. The smallest absolute Gasteiger partial charge is 0.374 e. The summed E-state index contributed by atoms with van der Waals surface area (Å²) >= 11 is 6.45. The minimum atomic E-state index is -4.97. The van der Waals surface area contributed by atoms with Crippen molar-refractivity contribution in [2.24, 2.45) is 0 Å². The van der Waals surface area contributed by atoms with E-state index in [0.29, 0.717) is 6.07 Å². The third kappa shape index (κ3) is 5.02. The van der Waals surface area contributed by atoms with Crippen LogP contribution in [0.1, 0.15) is 35.2 Å². The van der Waals surface area contributed by atoms with Gasteiger partial charge >= 0.3 is 12.2 Å². The molecule has 2 unspecified atom stereocenters. The third-order valence-corrected chi connectivity index (χ3v) is 8.45. The number of benzene rings is 3. The summed E-state index contributed by atoms with van der Waals surface area (Å²) in [7, 11) is 6.06. The van der Waals surface area contributed by atoms with Gasteiger partial charge in [-0.15, -0.1) is 5.10 Å². The first-order chi connectivity index (χ1) is 21.9. The summed E-state index contributed by atoms with van der Waals surface area (Å²) in [6, 6.07) is 0.725. The molecule has 242 valence electrons. The van der Waals surface area contributed by atoms with Crippen molar-refractivity contribution in [3.8, 4) is 0 Å². The van der Waals surface area contributed by atoms with Crippen molar-refractivity contribution in [3.63, 3.8) is 0 Å². The average Bonchev–Trinajstić information content (AvgIpc) is 3.46. The Labute approximate surface area is 268 Å². The molecule has 0 amide bonds. The Balaban J connectivity index is 1.68. The van der Waals surface area contributed by atoms with Crippen LogP contribution in [-0.2, 0) is 6.18 Å². The summed E-state index contributed by atoms with van der Waals surface area (Å²) in [6.45, 7) is 7.38. The van der Waals surface area contributed by atoms with Gasteiger partial charge in [0.1, 0.15) is 25.3 Å². The van der Waals surface area contributed by atoms with Crippen LogP contribution in [0.4, 0.5) is 53.6 Å². The van der Waals surface area contributed by atoms with Crippen LogP contribution in [0.15, 0.2) is 61.6 Å². The zero-order valence-electron chi connectivity index (χ0n) is 24.0. The molecule has 2 aliphatic heterocycles. The number of nitrogens with zero attached hydrogens (tertiary/aromatic N) is 4. The van der Waals surface area contributed by atoms with E-state index < -0.39 is 53.1 Å². The molecule has 0 aliphatic carbocycles. The van der Waals surface area contributed by atoms with Gasteiger partial charge in [-0.3, -0.25) is 4.90 Å². The van der Waals surface area contributed by atoms with Crippen LogP contribution in [0.25, 0.3) is 16.5 Å². The predicted molar refractivity (Wildman–Crippen MR) is 162 cm³/mol. The van der Waals surface area contributed by atoms with Crippen LogP contribution in [0.5, 0.6) is 0 Å². The number of alkyl halides is 5. The van der Waals surface area contributed by atoms with Crippen LogP contribution < -0.4 is 20.4 Å². The number of fused-ring (bicyclic) bond motifs is 4. The molecule has 0 spiro atoms. The van der Waals surface area contributed by atoms with Crippen LogP contribution >= 0.6 is 11.6 Å². The highest BCUT2D eigenvalue weighted by atomic mass is 35.5. The quantitative estimate of drug-likeness (QED) is 0.0796. The van der Waals surface area contributed by atoms with Crippen LogP contribution in [0.3, 0.4) is 0 Å². The Bertz CT molecular complexity index is 2000. The number of hydrogen-bond donors (Lipinski definition) is 4. The monoisotopic (exact) mass is 676 g/mol. The number of hydrogen-bond acceptors (Lipinski definition) is 8. The second-order valence-corrected chi connectivity index (χ2v) is 11.5. The van der Waals surface area contributed by atoms with Gasteiger partial charge in [-0.05, 0) is 43.3 Å². The fourth-order valence-electron chi connectivity index (χ4n) is 5.90. The zero-order chi connectivity index (χ0) is 34.4. The summed E-state index contributed by atoms with van der Waals surface area (Å²) < 4.78 is 100. The zero-order valence-corrected chi connectivity index (χ0v) is 24.8. The lowest BCUT2D eigenvalue weighted by molar-refractivity contribution is -0.278. The number of aliphatic hydroxyl groups is 2. The number of aromatic nitrogens is 2. The molecule has 0 bridgehead atoms. The number of nitrogens with one attached hydrogen (secondary N) is 2. The lowest BCUT2D eigenvalue weighted by atomic mass is 9.75. The van der Waals surface area contributed by atoms with Gasteiger partial charge in [0, 0.05) is 43.9 Å². The topological polar surface area (TPSA) is 96.8 Å². The minimum absolute atomic E-state index is 0.0269. The SMILES string of the molecule is [B]C(C)(N1C(=C)N(CF)c2c1cc(Nc1nncc3c(C(F)(F)F)cc(F)cc13)c1c2C(=C)NC1c1cc(F)ccc1Cl)C(O)(O)F. The fourth-order valence-corrected chi connectivity index (χ4v) is 6.12. The normalized spacial score (nSPS) is 17.6. The maximum Gasteiger partial charge on any atom is 0.417 e. The van der Waals surface area contributed by atoms with Crippen LogP contribution in [-0.4, -0.2) is 46.5 Å². The summed E-state index contributed by atoms with van der Waals surface area (Å²) in [4.78, 5) is 1.75. The number of anilines is 4. The van der Waals surface area contributed by atoms with E-state index in [1.54, 1.807) is 0 Å². The van der Waals surface area contributed by atoms with Gasteiger partial charge in [-0.1, -0.05) is 24.8 Å². The number of halogens is 8. The molecule has 0 fully saturated rings. The lowest BCUT2D eigenvalue weighted by Crippen LogP contribution is -2.61. The molecule has 0 saturated carbocycles. The van der Waals surface area contributed by atoms with E-state index in [-0.39, 0.29) is 61.5 Å². The molecule has 8 nitrogen and oxygen atoms in total. The summed E-state index contributed by atoms with van der Waals surface area (Å²) in [5, 5.41) is 32.6. The Kier molecular flexibility index (Phi) is 7.41. The Morgan fingerprint density at radius 1 is 1.06 bits per heavy atom. The Morgan fingerprint density at radius 2 is 1.77 bits per heavy atom. The van der Waals surface area contributed by atoms with Gasteiger partial charge in [0.2, 0.25) is 0 Å². The minimum Gasteiger partial charge on any atom is -0.374 e. The van der Waals surface area contributed by atoms with Crippen molar-refractivity contribution >= 4 is 58.8 Å². The van der Waals surface area contributed by atoms with Crippen molar-refractivity contribution in [3.05, 3.63) is 100 Å². The first-order valence-electron chi connectivity index (χ1n) is 13.5. The largest absolute Gasteiger partial charge is 0.417 e. The molecule has 0 saturated heterocycles. The van der Waals surface area contributed by atoms with E-state index in [0.717, 1.165) is 41.1 Å². The van der Waals surface area contributed by atoms with Crippen LogP contribution in [0, 0.1) is 11.6 Å². The Morgan fingerprint density at radius 3 is 2.40 bits per heavy atom. The molecule has 4 aromatic rings. The van der Waals surface area contributed by atoms with Gasteiger partial charge in [0.25, 0.3) is 0 Å². The van der Waals surface area contributed by atoms with E-state index in [1.807, 2.05) is 0 Å². The third-order valence-electron chi connectivity index (χ3n) is 8.11. The molecule has 1 aromatic heterocycles. The van der Waals surface area contributed by atoms with Gasteiger partial charge in [-0.2, -0.15) is 22.7 Å². The van der Waals surface area contributed by atoms with Gasteiger partial charge in [0.15, 0.2) is 12.6 Å². The first kappa shape index (κ1) is 32.4. The van der Waals surface area contributed by atoms with Crippen molar-refractivity contribution in [1.29, 1.82) is 0 Å². The van der Waals surface area contributed by atoms with E-state index in [1.165, 1.54) is 12.1 Å². The average molecular weight is 677 g/mol. The maximum atomic E-state index is 14.8. The molecule has 4 N–H and O–H groups in total. The molecule has 2 aliphatic rings. The summed E-state index contributed by atoms with van der Waals surface area (Å²) in [5.41, 5.74) is -3.71. The molecule has 3 heterocycles. The molecule has 6 rings (SSSR count). The molecule has 17 heteroatoms. The van der Waals surface area contributed by atoms with Crippen LogP contribution in [0.2, 0.25) is 5.02 Å².